The topological polar surface area (TPSA) is 66.6 Å². The molecule has 0 bridgehead atoms. The van der Waals surface area contributed by atoms with Crippen LogP contribution in [0.3, 0.4) is 0 Å². The van der Waals surface area contributed by atoms with E-state index >= 15 is 0 Å². The van der Waals surface area contributed by atoms with Crippen LogP contribution in [0.25, 0.3) is 0 Å². The van der Waals surface area contributed by atoms with Crippen molar-refractivity contribution in [1.29, 1.82) is 0 Å². The third kappa shape index (κ3) is 3.43. The summed E-state index contributed by atoms with van der Waals surface area (Å²) < 4.78 is 0. The van der Waals surface area contributed by atoms with Gasteiger partial charge in [-0.15, -0.1) is 0 Å². The molecule has 0 aromatic carbocycles. The van der Waals surface area contributed by atoms with Gasteiger partial charge in [-0.2, -0.15) is 0 Å². The zero-order chi connectivity index (χ0) is 13.2. The monoisotopic (exact) mass is 241 g/mol. The van der Waals surface area contributed by atoms with E-state index in [1.807, 2.05) is 25.7 Å². The minimum Gasteiger partial charge on any atom is -0.339 e. The Labute approximate surface area is 103 Å². The van der Waals surface area contributed by atoms with Crippen LogP contribution >= 0.6 is 0 Å². The fourth-order valence-corrected chi connectivity index (χ4v) is 1.89. The van der Waals surface area contributed by atoms with E-state index < -0.39 is 6.04 Å². The van der Waals surface area contributed by atoms with Gasteiger partial charge >= 0.3 is 0 Å². The Morgan fingerprint density at radius 2 is 1.47 bits per heavy atom. The fraction of sp³-hybridized carbons (Fsp3) is 0.833. The van der Waals surface area contributed by atoms with Crippen LogP contribution in [0.4, 0.5) is 0 Å². The normalized spacial score (nSPS) is 19.1. The van der Waals surface area contributed by atoms with E-state index in [-0.39, 0.29) is 17.2 Å². The first-order valence-electron chi connectivity index (χ1n) is 6.07. The Balaban J connectivity index is 2.52. The SMILES string of the molecule is C[C@@H](N)C(=O)N1CCN(C(=O)C(C)(C)C)CC1. The van der Waals surface area contributed by atoms with Crippen LogP contribution in [0.2, 0.25) is 0 Å². The fourth-order valence-electron chi connectivity index (χ4n) is 1.89. The molecule has 1 aliphatic rings. The number of carbonyl (C=O) groups is 2. The lowest BCUT2D eigenvalue weighted by Gasteiger charge is -2.38. The summed E-state index contributed by atoms with van der Waals surface area (Å²) in [6.07, 6.45) is 0. The van der Waals surface area contributed by atoms with E-state index in [0.29, 0.717) is 26.2 Å². The molecule has 98 valence electrons. The Kier molecular flexibility index (Phi) is 4.14. The third-order valence-corrected chi connectivity index (χ3v) is 2.91. The van der Waals surface area contributed by atoms with Gasteiger partial charge in [0.25, 0.3) is 0 Å². The average Bonchev–Trinajstić information content (AvgIpc) is 2.26. The number of nitrogens with two attached hydrogens (primary N) is 1. The molecule has 1 heterocycles. The van der Waals surface area contributed by atoms with Gasteiger partial charge in [0.1, 0.15) is 0 Å². The summed E-state index contributed by atoms with van der Waals surface area (Å²) >= 11 is 0. The molecule has 5 heteroatoms. The van der Waals surface area contributed by atoms with Gasteiger partial charge in [0.2, 0.25) is 11.8 Å². The summed E-state index contributed by atoms with van der Waals surface area (Å²) in [5.41, 5.74) is 5.20. The highest BCUT2D eigenvalue weighted by Crippen LogP contribution is 2.18. The zero-order valence-electron chi connectivity index (χ0n) is 11.2. The van der Waals surface area contributed by atoms with Crippen molar-refractivity contribution in [3.8, 4) is 0 Å². The Morgan fingerprint density at radius 1 is 1.06 bits per heavy atom. The van der Waals surface area contributed by atoms with Crippen molar-refractivity contribution >= 4 is 11.8 Å². The van der Waals surface area contributed by atoms with Crippen molar-refractivity contribution in [2.24, 2.45) is 11.1 Å². The van der Waals surface area contributed by atoms with E-state index in [1.165, 1.54) is 0 Å². The lowest BCUT2D eigenvalue weighted by molar-refractivity contribution is -0.145. The Morgan fingerprint density at radius 3 is 1.82 bits per heavy atom. The standard InChI is InChI=1S/C12H23N3O2/c1-9(13)10(16)14-5-7-15(8-6-14)11(17)12(2,3)4/h9H,5-8,13H2,1-4H3/t9-/m1/s1. The molecular formula is C12H23N3O2. The van der Waals surface area contributed by atoms with Crippen molar-refractivity contribution in [2.45, 2.75) is 33.7 Å². The number of carbonyl (C=O) groups excluding carboxylic acids is 2. The highest BCUT2D eigenvalue weighted by Gasteiger charge is 2.31. The molecule has 0 aromatic rings. The highest BCUT2D eigenvalue weighted by atomic mass is 16.2. The molecule has 17 heavy (non-hydrogen) atoms. The molecule has 0 aromatic heterocycles. The van der Waals surface area contributed by atoms with Crippen molar-refractivity contribution in [3.05, 3.63) is 0 Å². The van der Waals surface area contributed by atoms with Crippen molar-refractivity contribution in [3.63, 3.8) is 0 Å². The number of amides is 2. The van der Waals surface area contributed by atoms with E-state index in [0.717, 1.165) is 0 Å². The van der Waals surface area contributed by atoms with E-state index in [1.54, 1.807) is 11.8 Å². The minimum absolute atomic E-state index is 0.0344. The van der Waals surface area contributed by atoms with Gasteiger partial charge in [0, 0.05) is 31.6 Å². The van der Waals surface area contributed by atoms with Crippen LogP contribution in [0.1, 0.15) is 27.7 Å². The number of hydrogen-bond acceptors (Lipinski definition) is 3. The molecule has 1 saturated heterocycles. The number of rotatable bonds is 1. The summed E-state index contributed by atoms with van der Waals surface area (Å²) in [6.45, 7) is 9.81. The molecule has 2 amide bonds. The van der Waals surface area contributed by atoms with Gasteiger partial charge in [-0.05, 0) is 6.92 Å². The number of hydrogen-bond donors (Lipinski definition) is 1. The molecule has 0 spiro atoms. The maximum absolute atomic E-state index is 12.0. The van der Waals surface area contributed by atoms with Crippen LogP contribution in [0, 0.1) is 5.41 Å². The van der Waals surface area contributed by atoms with E-state index in [2.05, 4.69) is 0 Å². The first kappa shape index (κ1) is 14.0. The molecule has 0 aliphatic carbocycles. The summed E-state index contributed by atoms with van der Waals surface area (Å²) in [4.78, 5) is 27.3. The quantitative estimate of drug-likeness (QED) is 0.705. The molecule has 5 nitrogen and oxygen atoms in total. The molecule has 0 saturated carbocycles. The number of piperazine rings is 1. The lowest BCUT2D eigenvalue weighted by atomic mass is 9.94. The largest absolute Gasteiger partial charge is 0.339 e. The summed E-state index contributed by atoms with van der Waals surface area (Å²) in [5, 5.41) is 0. The number of nitrogens with zero attached hydrogens (tertiary/aromatic N) is 2. The van der Waals surface area contributed by atoms with Crippen LogP contribution in [-0.2, 0) is 9.59 Å². The Bertz CT molecular complexity index is 299. The van der Waals surface area contributed by atoms with Gasteiger partial charge in [-0.3, -0.25) is 9.59 Å². The van der Waals surface area contributed by atoms with Crippen LogP contribution in [0.15, 0.2) is 0 Å². The molecule has 1 aliphatic heterocycles. The second-order valence-electron chi connectivity index (χ2n) is 5.66. The van der Waals surface area contributed by atoms with Gasteiger partial charge < -0.3 is 15.5 Å². The molecule has 2 N–H and O–H groups in total. The predicted molar refractivity (Wildman–Crippen MR) is 66.3 cm³/mol. The predicted octanol–water partition coefficient (Wildman–Crippen LogP) is 0.0505. The molecule has 1 rings (SSSR count). The van der Waals surface area contributed by atoms with E-state index in [9.17, 15) is 9.59 Å². The van der Waals surface area contributed by atoms with Gasteiger partial charge in [0.15, 0.2) is 0 Å². The molecule has 1 atom stereocenters. The van der Waals surface area contributed by atoms with Crippen molar-refractivity contribution < 1.29 is 9.59 Å². The molecule has 0 radical (unpaired) electrons. The van der Waals surface area contributed by atoms with Gasteiger partial charge in [0.05, 0.1) is 6.04 Å². The van der Waals surface area contributed by atoms with E-state index in [4.69, 9.17) is 5.73 Å². The second-order valence-corrected chi connectivity index (χ2v) is 5.66. The molecule has 0 unspecified atom stereocenters. The molecule has 1 fully saturated rings. The Hall–Kier alpha value is -1.10. The maximum Gasteiger partial charge on any atom is 0.239 e. The summed E-state index contributed by atoms with van der Waals surface area (Å²) in [5.74, 6) is 0.109. The van der Waals surface area contributed by atoms with Crippen molar-refractivity contribution in [2.75, 3.05) is 26.2 Å². The minimum atomic E-state index is -0.458. The van der Waals surface area contributed by atoms with Crippen LogP contribution < -0.4 is 5.73 Å². The smallest absolute Gasteiger partial charge is 0.239 e. The van der Waals surface area contributed by atoms with Gasteiger partial charge in [-0.25, -0.2) is 0 Å². The van der Waals surface area contributed by atoms with Crippen LogP contribution in [-0.4, -0.2) is 53.8 Å². The summed E-state index contributed by atoms with van der Waals surface area (Å²) in [6, 6.07) is -0.458. The van der Waals surface area contributed by atoms with Crippen LogP contribution in [0.5, 0.6) is 0 Å². The third-order valence-electron chi connectivity index (χ3n) is 2.91. The molecular weight excluding hydrogens is 218 g/mol. The maximum atomic E-state index is 12.0. The van der Waals surface area contributed by atoms with Crippen molar-refractivity contribution in [1.82, 2.24) is 9.80 Å². The lowest BCUT2D eigenvalue weighted by Crippen LogP contribution is -2.55. The first-order valence-corrected chi connectivity index (χ1v) is 6.07. The zero-order valence-corrected chi connectivity index (χ0v) is 11.2. The summed E-state index contributed by atoms with van der Waals surface area (Å²) in [7, 11) is 0. The van der Waals surface area contributed by atoms with Gasteiger partial charge in [-0.1, -0.05) is 20.8 Å². The second kappa shape index (κ2) is 5.04. The first-order chi connectivity index (χ1) is 7.73. The average molecular weight is 241 g/mol. The highest BCUT2D eigenvalue weighted by molar-refractivity contribution is 5.83.